The van der Waals surface area contributed by atoms with E-state index in [1.807, 2.05) is 18.7 Å². The van der Waals surface area contributed by atoms with Crippen molar-refractivity contribution in [2.75, 3.05) is 19.6 Å². The second-order valence-electron chi connectivity index (χ2n) is 8.16. The number of aliphatic hydroxyl groups is 1. The van der Waals surface area contributed by atoms with E-state index in [1.165, 1.54) is 11.0 Å². The third-order valence-corrected chi connectivity index (χ3v) is 6.56. The molecule has 3 rings (SSSR count). The number of piperazine rings is 1. The molecular weight excluding hydrogens is 409 g/mol. The largest absolute Gasteiger partial charge is 0.604 e. The molecule has 1 aromatic carbocycles. The van der Waals surface area contributed by atoms with Gasteiger partial charge in [-0.15, -0.1) is 13.2 Å². The van der Waals surface area contributed by atoms with Crippen molar-refractivity contribution >= 4 is 17.1 Å². The van der Waals surface area contributed by atoms with Gasteiger partial charge in [-0.2, -0.15) is 0 Å². The molecule has 1 fully saturated rings. The normalized spacial score (nSPS) is 26.3. The fourth-order valence-electron chi connectivity index (χ4n) is 3.77. The molecular formula is C19H25F3N2O4S. The molecule has 2 aliphatic heterocycles. The molecule has 0 bridgehead atoms. The molecule has 2 heterocycles. The van der Waals surface area contributed by atoms with Gasteiger partial charge in [0.2, 0.25) is 5.91 Å². The van der Waals surface area contributed by atoms with Crippen molar-refractivity contribution in [3.63, 3.8) is 0 Å². The summed E-state index contributed by atoms with van der Waals surface area (Å²) in [6.45, 7) is 8.32. The minimum atomic E-state index is -4.91. The maximum atomic E-state index is 12.9. The van der Waals surface area contributed by atoms with Crippen molar-refractivity contribution in [1.29, 1.82) is 0 Å². The molecule has 0 aliphatic carbocycles. The number of rotatable bonds is 3. The first-order valence-corrected chi connectivity index (χ1v) is 10.5. The topological polar surface area (TPSA) is 76.1 Å². The molecule has 0 spiro atoms. The summed E-state index contributed by atoms with van der Waals surface area (Å²) in [4.78, 5) is 15.9. The number of halogens is 3. The predicted molar refractivity (Wildman–Crippen MR) is 101 cm³/mol. The van der Waals surface area contributed by atoms with Crippen LogP contribution in [0.3, 0.4) is 0 Å². The lowest BCUT2D eigenvalue weighted by Crippen LogP contribution is -2.59. The summed E-state index contributed by atoms with van der Waals surface area (Å²) in [5, 5.41) is 10.9. The molecule has 2 aliphatic rings. The van der Waals surface area contributed by atoms with Crippen LogP contribution in [0.25, 0.3) is 0 Å². The summed E-state index contributed by atoms with van der Waals surface area (Å²) < 4.78 is 56.5. The van der Waals surface area contributed by atoms with Crippen LogP contribution in [0.15, 0.2) is 23.1 Å². The maximum absolute atomic E-state index is 12.9. The van der Waals surface area contributed by atoms with Crippen LogP contribution in [0.4, 0.5) is 13.2 Å². The summed E-state index contributed by atoms with van der Waals surface area (Å²) >= 11 is -3.22. The van der Waals surface area contributed by atoms with Crippen LogP contribution in [0, 0.1) is 0 Å². The Morgan fingerprint density at radius 3 is 2.52 bits per heavy atom. The highest BCUT2D eigenvalue weighted by molar-refractivity contribution is 7.92. The Balaban J connectivity index is 2.02. The lowest BCUT2D eigenvalue weighted by molar-refractivity contribution is -0.151. The first kappa shape index (κ1) is 22.2. The average Bonchev–Trinajstić information content (AvgIpc) is 2.61. The number of fused-ring (bicyclic) bond motifs is 1. The summed E-state index contributed by atoms with van der Waals surface area (Å²) in [5.41, 5.74) is -5.73. The standard InChI is InChI=1S/C19H25F3N2O4S/c1-11(2)23-7-8-24(15(25)10-23)16-13-9-12(29(27)19(20,21)22)5-6-14(13)28-18(3,4)17(16)26/h5-6,9,11,16-17,26H,7-8,10H2,1-4H3/t16-,17+,29?/m1/s1. The van der Waals surface area contributed by atoms with Crippen LogP contribution >= 0.6 is 0 Å². The number of ether oxygens (including phenoxy) is 1. The van der Waals surface area contributed by atoms with Crippen molar-refractivity contribution in [3.05, 3.63) is 23.8 Å². The Labute approximate surface area is 170 Å². The van der Waals surface area contributed by atoms with Crippen molar-refractivity contribution in [2.24, 2.45) is 0 Å². The van der Waals surface area contributed by atoms with Crippen LogP contribution in [-0.4, -0.2) is 68.3 Å². The van der Waals surface area contributed by atoms with E-state index in [-0.39, 0.29) is 29.8 Å². The molecule has 0 saturated carbocycles. The predicted octanol–water partition coefficient (Wildman–Crippen LogP) is 2.44. The molecule has 0 aromatic heterocycles. The van der Waals surface area contributed by atoms with E-state index in [1.54, 1.807) is 13.8 Å². The molecule has 29 heavy (non-hydrogen) atoms. The summed E-state index contributed by atoms with van der Waals surface area (Å²) in [6, 6.07) is 2.84. The molecule has 3 atom stereocenters. The number of aliphatic hydroxyl groups excluding tert-OH is 1. The summed E-state index contributed by atoms with van der Waals surface area (Å²) in [6.07, 6.45) is -1.17. The fraction of sp³-hybridized carbons (Fsp3) is 0.632. The van der Waals surface area contributed by atoms with E-state index in [2.05, 4.69) is 0 Å². The van der Waals surface area contributed by atoms with Crippen LogP contribution in [0.2, 0.25) is 0 Å². The Morgan fingerprint density at radius 2 is 1.97 bits per heavy atom. The van der Waals surface area contributed by atoms with Crippen LogP contribution in [0.1, 0.15) is 39.3 Å². The van der Waals surface area contributed by atoms with Crippen molar-refractivity contribution in [1.82, 2.24) is 9.80 Å². The zero-order valence-electron chi connectivity index (χ0n) is 16.7. The van der Waals surface area contributed by atoms with Gasteiger partial charge in [-0.3, -0.25) is 9.69 Å². The Bertz CT molecular complexity index is 787. The van der Waals surface area contributed by atoms with Gasteiger partial charge in [0.1, 0.15) is 17.5 Å². The number of carbonyl (C=O) groups excluding carboxylic acids is 1. The van der Waals surface area contributed by atoms with Crippen molar-refractivity contribution in [2.45, 2.75) is 61.9 Å². The molecule has 1 amide bonds. The second-order valence-corrected chi connectivity index (χ2v) is 9.63. The van der Waals surface area contributed by atoms with Gasteiger partial charge in [0.05, 0.1) is 23.8 Å². The van der Waals surface area contributed by atoms with E-state index in [0.717, 1.165) is 12.1 Å². The zero-order valence-corrected chi connectivity index (χ0v) is 17.5. The number of nitrogens with zero attached hydrogens (tertiary/aromatic N) is 2. The summed E-state index contributed by atoms with van der Waals surface area (Å²) in [5.74, 6) is 0.0484. The Hall–Kier alpha value is -1.49. The van der Waals surface area contributed by atoms with E-state index in [9.17, 15) is 27.6 Å². The van der Waals surface area contributed by atoms with Gasteiger partial charge < -0.3 is 19.3 Å². The molecule has 10 heteroatoms. The quantitative estimate of drug-likeness (QED) is 0.740. The zero-order chi connectivity index (χ0) is 21.7. The highest BCUT2D eigenvalue weighted by Gasteiger charge is 2.50. The monoisotopic (exact) mass is 434 g/mol. The Morgan fingerprint density at radius 1 is 1.31 bits per heavy atom. The third-order valence-electron chi connectivity index (χ3n) is 5.46. The van der Waals surface area contributed by atoms with Gasteiger partial charge in [-0.25, -0.2) is 0 Å². The van der Waals surface area contributed by atoms with Crippen molar-refractivity contribution in [3.8, 4) is 5.75 Å². The lowest BCUT2D eigenvalue weighted by Gasteiger charge is -2.48. The summed E-state index contributed by atoms with van der Waals surface area (Å²) in [7, 11) is 0. The molecule has 162 valence electrons. The van der Waals surface area contributed by atoms with Gasteiger partial charge >= 0.3 is 5.51 Å². The smallest absolute Gasteiger partial charge is 0.578 e. The van der Waals surface area contributed by atoms with Crippen molar-refractivity contribution < 1.29 is 32.4 Å². The van der Waals surface area contributed by atoms with Gasteiger partial charge in [0.15, 0.2) is 4.90 Å². The molecule has 1 saturated heterocycles. The molecule has 1 aromatic rings. The fourth-order valence-corrected chi connectivity index (χ4v) is 4.46. The van der Waals surface area contributed by atoms with Gasteiger partial charge in [0, 0.05) is 30.8 Å². The number of alkyl halides is 3. The third kappa shape index (κ3) is 4.21. The van der Waals surface area contributed by atoms with E-state index in [4.69, 9.17) is 4.74 Å². The SMILES string of the molecule is CC(C)N1CCN([C@@H]2c3cc([S+]([O-])C(F)(F)F)ccc3OC(C)(C)[C@H]2O)C(=O)C1. The van der Waals surface area contributed by atoms with Gasteiger partial charge in [-0.1, -0.05) is 0 Å². The number of amides is 1. The Kier molecular flexibility index (Phi) is 5.85. The number of hydrogen-bond acceptors (Lipinski definition) is 5. The minimum absolute atomic E-state index is 0.158. The number of hydrogen-bond donors (Lipinski definition) is 1. The maximum Gasteiger partial charge on any atom is 0.578 e. The van der Waals surface area contributed by atoms with Crippen LogP contribution in [-0.2, 0) is 16.0 Å². The minimum Gasteiger partial charge on any atom is -0.604 e. The highest BCUT2D eigenvalue weighted by atomic mass is 32.2. The molecule has 0 radical (unpaired) electrons. The first-order chi connectivity index (χ1) is 13.3. The lowest BCUT2D eigenvalue weighted by atomic mass is 9.85. The molecule has 1 unspecified atom stereocenters. The van der Waals surface area contributed by atoms with E-state index < -0.39 is 39.3 Å². The second kappa shape index (κ2) is 7.64. The van der Waals surface area contributed by atoms with Crippen LogP contribution in [0.5, 0.6) is 5.75 Å². The first-order valence-electron chi connectivity index (χ1n) is 9.36. The van der Waals surface area contributed by atoms with Gasteiger partial charge in [0.25, 0.3) is 0 Å². The van der Waals surface area contributed by atoms with E-state index in [0.29, 0.717) is 13.1 Å². The molecule has 6 nitrogen and oxygen atoms in total. The van der Waals surface area contributed by atoms with Crippen LogP contribution < -0.4 is 4.74 Å². The number of benzene rings is 1. The highest BCUT2D eigenvalue weighted by Crippen LogP contribution is 2.45. The average molecular weight is 434 g/mol. The van der Waals surface area contributed by atoms with E-state index >= 15 is 0 Å². The number of carbonyl (C=O) groups is 1. The molecule has 1 N–H and O–H groups in total. The van der Waals surface area contributed by atoms with Gasteiger partial charge in [-0.05, 0) is 39.8 Å².